The molecule has 23 heavy (non-hydrogen) atoms. The molecule has 5 heteroatoms. The predicted molar refractivity (Wildman–Crippen MR) is 92.5 cm³/mol. The van der Waals surface area contributed by atoms with E-state index in [-0.39, 0.29) is 24.3 Å². The third-order valence-corrected chi connectivity index (χ3v) is 4.36. The molecule has 0 bridgehead atoms. The summed E-state index contributed by atoms with van der Waals surface area (Å²) in [6.07, 6.45) is 1.65. The third kappa shape index (κ3) is 4.79. The van der Waals surface area contributed by atoms with Gasteiger partial charge in [0, 0.05) is 17.6 Å². The molecule has 3 N–H and O–H groups in total. The molecule has 0 saturated carbocycles. The number of hydrogen-bond acceptors (Lipinski definition) is 3. The molecule has 126 valence electrons. The summed E-state index contributed by atoms with van der Waals surface area (Å²) in [7, 11) is 0. The molecular weight excluding hydrogens is 290 g/mol. The van der Waals surface area contributed by atoms with Crippen LogP contribution in [0.25, 0.3) is 0 Å². The number of nitrogens with one attached hydrogen (secondary N) is 3. The van der Waals surface area contributed by atoms with Crippen LogP contribution in [0.15, 0.2) is 12.1 Å². The second-order valence-corrected chi connectivity index (χ2v) is 6.62. The van der Waals surface area contributed by atoms with Gasteiger partial charge in [-0.25, -0.2) is 0 Å². The van der Waals surface area contributed by atoms with Crippen LogP contribution in [0.4, 0.5) is 5.69 Å². The van der Waals surface area contributed by atoms with Crippen molar-refractivity contribution in [1.29, 1.82) is 0 Å². The average Bonchev–Trinajstić information content (AvgIpc) is 2.48. The number of anilines is 1. The van der Waals surface area contributed by atoms with E-state index in [4.69, 9.17) is 0 Å². The van der Waals surface area contributed by atoms with Crippen LogP contribution in [0.1, 0.15) is 36.5 Å². The summed E-state index contributed by atoms with van der Waals surface area (Å²) in [6, 6.07) is 4.43. The van der Waals surface area contributed by atoms with Crippen molar-refractivity contribution in [1.82, 2.24) is 10.6 Å². The molecule has 0 aliphatic carbocycles. The van der Waals surface area contributed by atoms with E-state index >= 15 is 0 Å². The Balaban J connectivity index is 1.87. The summed E-state index contributed by atoms with van der Waals surface area (Å²) in [4.78, 5) is 24.3. The van der Waals surface area contributed by atoms with Gasteiger partial charge in [0.1, 0.15) is 0 Å². The number of carbonyl (C=O) groups is 2. The van der Waals surface area contributed by atoms with Crippen molar-refractivity contribution in [3.8, 4) is 0 Å². The molecule has 0 radical (unpaired) electrons. The van der Waals surface area contributed by atoms with E-state index in [2.05, 4.69) is 22.9 Å². The van der Waals surface area contributed by atoms with Gasteiger partial charge in [-0.15, -0.1) is 0 Å². The first-order valence-corrected chi connectivity index (χ1v) is 8.25. The van der Waals surface area contributed by atoms with Gasteiger partial charge in [0.2, 0.25) is 11.8 Å². The molecule has 1 heterocycles. The first kappa shape index (κ1) is 17.5. The van der Waals surface area contributed by atoms with E-state index < -0.39 is 0 Å². The molecule has 0 spiro atoms. The van der Waals surface area contributed by atoms with Crippen LogP contribution in [0, 0.1) is 26.7 Å². The Kier molecular flexibility index (Phi) is 5.77. The maximum Gasteiger partial charge on any atom is 0.243 e. The van der Waals surface area contributed by atoms with Gasteiger partial charge in [-0.2, -0.15) is 0 Å². The van der Waals surface area contributed by atoms with Gasteiger partial charge >= 0.3 is 0 Å². The van der Waals surface area contributed by atoms with Crippen LogP contribution in [0.3, 0.4) is 0 Å². The second kappa shape index (κ2) is 7.59. The molecule has 2 rings (SSSR count). The van der Waals surface area contributed by atoms with E-state index in [1.807, 2.05) is 32.9 Å². The number of rotatable bonds is 4. The van der Waals surface area contributed by atoms with Crippen LogP contribution < -0.4 is 16.0 Å². The van der Waals surface area contributed by atoms with Gasteiger partial charge in [-0.05, 0) is 58.2 Å². The fraction of sp³-hybridized carbons (Fsp3) is 0.556. The predicted octanol–water partition coefficient (Wildman–Crippen LogP) is 2.05. The number of piperidine rings is 1. The van der Waals surface area contributed by atoms with Crippen molar-refractivity contribution < 1.29 is 9.59 Å². The highest BCUT2D eigenvalue weighted by molar-refractivity contribution is 5.96. The van der Waals surface area contributed by atoms with Crippen molar-refractivity contribution in [3.63, 3.8) is 0 Å². The fourth-order valence-electron chi connectivity index (χ4n) is 3.24. The summed E-state index contributed by atoms with van der Waals surface area (Å²) < 4.78 is 0. The lowest BCUT2D eigenvalue weighted by atomic mass is 9.92. The quantitative estimate of drug-likeness (QED) is 0.796. The normalized spacial score (nSPS) is 20.9. The van der Waals surface area contributed by atoms with Crippen molar-refractivity contribution in [3.05, 3.63) is 28.8 Å². The third-order valence-electron chi connectivity index (χ3n) is 4.36. The minimum Gasteiger partial charge on any atom is -0.347 e. The van der Waals surface area contributed by atoms with Crippen molar-refractivity contribution in [2.75, 3.05) is 18.4 Å². The number of hydrogen-bond donors (Lipinski definition) is 3. The Hall–Kier alpha value is -1.88. The van der Waals surface area contributed by atoms with E-state index in [0.717, 1.165) is 36.2 Å². The first-order valence-electron chi connectivity index (χ1n) is 8.25. The molecule has 0 aromatic heterocycles. The Morgan fingerprint density at radius 1 is 1.22 bits per heavy atom. The number of aryl methyl sites for hydroxylation is 3. The molecular formula is C18H27N3O2. The number of amides is 2. The fourth-order valence-corrected chi connectivity index (χ4v) is 3.24. The zero-order valence-electron chi connectivity index (χ0n) is 14.5. The van der Waals surface area contributed by atoms with Crippen LogP contribution in [0.2, 0.25) is 0 Å². The molecule has 1 aliphatic rings. The van der Waals surface area contributed by atoms with Crippen molar-refractivity contribution in [2.24, 2.45) is 5.92 Å². The smallest absolute Gasteiger partial charge is 0.243 e. The van der Waals surface area contributed by atoms with Gasteiger partial charge in [0.15, 0.2) is 0 Å². The largest absolute Gasteiger partial charge is 0.347 e. The molecule has 1 fully saturated rings. The van der Waals surface area contributed by atoms with Gasteiger partial charge in [0.05, 0.1) is 6.54 Å². The molecule has 1 saturated heterocycles. The first-order chi connectivity index (χ1) is 10.9. The minimum absolute atomic E-state index is 0.00176. The zero-order chi connectivity index (χ0) is 17.0. The maximum atomic E-state index is 12.2. The Bertz CT molecular complexity index is 575. The maximum absolute atomic E-state index is 12.2. The summed E-state index contributed by atoms with van der Waals surface area (Å²) in [5, 5.41) is 8.99. The lowest BCUT2D eigenvalue weighted by Crippen LogP contribution is -2.44. The monoisotopic (exact) mass is 317 g/mol. The highest BCUT2D eigenvalue weighted by atomic mass is 16.2. The number of carbonyl (C=O) groups excluding carboxylic acids is 2. The van der Waals surface area contributed by atoms with Gasteiger partial charge < -0.3 is 16.0 Å². The van der Waals surface area contributed by atoms with Crippen molar-refractivity contribution in [2.45, 2.75) is 46.6 Å². The Morgan fingerprint density at radius 2 is 1.87 bits per heavy atom. The average molecular weight is 317 g/mol. The molecule has 2 atom stereocenters. The number of benzene rings is 1. The molecule has 0 unspecified atom stereocenters. The summed E-state index contributed by atoms with van der Waals surface area (Å²) in [6.45, 7) is 8.94. The summed E-state index contributed by atoms with van der Waals surface area (Å²) >= 11 is 0. The Morgan fingerprint density at radius 3 is 2.48 bits per heavy atom. The standard InChI is InChI=1S/C18H27N3O2/c1-11-7-12(2)17(13(3)8-11)21-16(22)10-20-18(23)15-5-6-19-14(4)9-15/h7-8,14-15,19H,5-6,9-10H2,1-4H3,(H,20,23)(H,21,22)/t14-,15-/m0/s1. The van der Waals surface area contributed by atoms with Crippen molar-refractivity contribution >= 4 is 17.5 Å². The van der Waals surface area contributed by atoms with Gasteiger partial charge in [-0.1, -0.05) is 17.7 Å². The van der Waals surface area contributed by atoms with E-state index in [1.165, 1.54) is 5.56 Å². The molecule has 1 aromatic rings. The highest BCUT2D eigenvalue weighted by Crippen LogP contribution is 2.21. The zero-order valence-corrected chi connectivity index (χ0v) is 14.5. The minimum atomic E-state index is -0.185. The summed E-state index contributed by atoms with van der Waals surface area (Å²) in [5.74, 6) is -0.205. The SMILES string of the molecule is Cc1cc(C)c(NC(=O)CNC(=O)[C@H]2CCN[C@@H](C)C2)c(C)c1. The van der Waals surface area contributed by atoms with Crippen LogP contribution in [-0.2, 0) is 9.59 Å². The second-order valence-electron chi connectivity index (χ2n) is 6.62. The van der Waals surface area contributed by atoms with E-state index in [1.54, 1.807) is 0 Å². The molecule has 1 aliphatic heterocycles. The molecule has 2 amide bonds. The van der Waals surface area contributed by atoms with E-state index in [9.17, 15) is 9.59 Å². The van der Waals surface area contributed by atoms with Crippen LogP contribution in [0.5, 0.6) is 0 Å². The molecule has 5 nitrogen and oxygen atoms in total. The van der Waals surface area contributed by atoms with Crippen LogP contribution >= 0.6 is 0 Å². The highest BCUT2D eigenvalue weighted by Gasteiger charge is 2.24. The van der Waals surface area contributed by atoms with Crippen LogP contribution in [-0.4, -0.2) is 30.9 Å². The van der Waals surface area contributed by atoms with Gasteiger partial charge in [-0.3, -0.25) is 9.59 Å². The van der Waals surface area contributed by atoms with Gasteiger partial charge in [0.25, 0.3) is 0 Å². The lowest BCUT2D eigenvalue weighted by Gasteiger charge is -2.27. The molecule has 1 aromatic carbocycles. The Labute approximate surface area is 138 Å². The van der Waals surface area contributed by atoms with E-state index in [0.29, 0.717) is 6.04 Å². The lowest BCUT2D eigenvalue weighted by molar-refractivity contribution is -0.128. The summed E-state index contributed by atoms with van der Waals surface area (Å²) in [5.41, 5.74) is 4.08. The topological polar surface area (TPSA) is 70.2 Å².